The number of rotatable bonds is 3. The summed E-state index contributed by atoms with van der Waals surface area (Å²) in [5.74, 6) is 1.02. The Bertz CT molecular complexity index is 839. The number of aromatic nitrogens is 2. The van der Waals surface area contributed by atoms with E-state index in [9.17, 15) is 4.79 Å². The highest BCUT2D eigenvalue weighted by Gasteiger charge is 2.42. The molecule has 1 aromatic heterocycles. The van der Waals surface area contributed by atoms with E-state index in [0.717, 1.165) is 42.7 Å². The topological polar surface area (TPSA) is 59.4 Å². The second-order valence-electron chi connectivity index (χ2n) is 8.24. The lowest BCUT2D eigenvalue weighted by Crippen LogP contribution is -2.52. The summed E-state index contributed by atoms with van der Waals surface area (Å²) in [5.41, 5.74) is 1.76. The standard InChI is InChI=1S/C22H30N4O2/c1-16-10-13-24-26(16)17(2)21(27)25-14-18-6-4-5-7-20(18)28-22(15-25)11-8-19(23-3)9-12-22/h4-7,10,13,17,19,23H,8-9,11-12,14-15H2,1-3H3/t17-,19?,22?/m0/s1. The van der Waals surface area contributed by atoms with Crippen molar-refractivity contribution in [2.45, 2.75) is 63.8 Å². The van der Waals surface area contributed by atoms with Gasteiger partial charge < -0.3 is 15.0 Å². The molecule has 1 spiro atoms. The first-order valence-corrected chi connectivity index (χ1v) is 10.2. The Hall–Kier alpha value is -2.34. The molecule has 1 aromatic carbocycles. The van der Waals surface area contributed by atoms with E-state index in [0.29, 0.717) is 19.1 Å². The summed E-state index contributed by atoms with van der Waals surface area (Å²) in [6.07, 6.45) is 5.78. The van der Waals surface area contributed by atoms with Crippen LogP contribution in [0.25, 0.3) is 0 Å². The predicted octanol–water partition coefficient (Wildman–Crippen LogP) is 3.07. The summed E-state index contributed by atoms with van der Waals surface area (Å²) in [5, 5.41) is 7.74. The number of benzene rings is 1. The van der Waals surface area contributed by atoms with Crippen molar-refractivity contribution in [1.82, 2.24) is 20.0 Å². The van der Waals surface area contributed by atoms with Crippen LogP contribution in [0.3, 0.4) is 0 Å². The zero-order valence-electron chi connectivity index (χ0n) is 17.0. The molecule has 0 radical (unpaired) electrons. The van der Waals surface area contributed by atoms with Crippen LogP contribution in [-0.2, 0) is 11.3 Å². The van der Waals surface area contributed by atoms with Crippen LogP contribution in [0.15, 0.2) is 36.5 Å². The number of amides is 1. The zero-order valence-corrected chi connectivity index (χ0v) is 17.0. The first-order chi connectivity index (χ1) is 13.5. The Kier molecular flexibility index (Phi) is 5.15. The van der Waals surface area contributed by atoms with Crippen molar-refractivity contribution in [2.75, 3.05) is 13.6 Å². The van der Waals surface area contributed by atoms with Gasteiger partial charge in [0, 0.05) is 30.0 Å². The molecule has 6 heteroatoms. The molecule has 4 rings (SSSR count). The third-order valence-electron chi connectivity index (χ3n) is 6.35. The zero-order chi connectivity index (χ0) is 19.7. The number of carbonyl (C=O) groups excluding carboxylic acids is 1. The second kappa shape index (κ2) is 7.59. The monoisotopic (exact) mass is 382 g/mol. The number of nitrogens with one attached hydrogen (secondary N) is 1. The molecular formula is C22H30N4O2. The third-order valence-corrected chi connectivity index (χ3v) is 6.35. The van der Waals surface area contributed by atoms with Gasteiger partial charge in [0.05, 0.1) is 6.54 Å². The van der Waals surface area contributed by atoms with E-state index in [2.05, 4.69) is 16.5 Å². The molecule has 1 fully saturated rings. The molecule has 6 nitrogen and oxygen atoms in total. The minimum absolute atomic E-state index is 0.0993. The lowest BCUT2D eigenvalue weighted by Gasteiger charge is -2.41. The van der Waals surface area contributed by atoms with Gasteiger partial charge >= 0.3 is 0 Å². The van der Waals surface area contributed by atoms with E-state index in [-0.39, 0.29) is 17.6 Å². The first-order valence-electron chi connectivity index (χ1n) is 10.2. The molecule has 150 valence electrons. The number of nitrogens with zero attached hydrogens (tertiary/aromatic N) is 3. The highest BCUT2D eigenvalue weighted by Crippen LogP contribution is 2.38. The van der Waals surface area contributed by atoms with Gasteiger partial charge in [-0.05, 0) is 58.7 Å². The fraction of sp³-hybridized carbons (Fsp3) is 0.545. The van der Waals surface area contributed by atoms with Gasteiger partial charge in [-0.1, -0.05) is 18.2 Å². The van der Waals surface area contributed by atoms with Crippen molar-refractivity contribution >= 4 is 5.91 Å². The Morgan fingerprint density at radius 1 is 1.29 bits per heavy atom. The van der Waals surface area contributed by atoms with Gasteiger partial charge in [0.25, 0.3) is 0 Å². The number of fused-ring (bicyclic) bond motifs is 1. The molecular weight excluding hydrogens is 352 g/mol. The van der Waals surface area contributed by atoms with Crippen LogP contribution in [0.2, 0.25) is 0 Å². The Balaban J connectivity index is 1.63. The van der Waals surface area contributed by atoms with Gasteiger partial charge in [-0.25, -0.2) is 0 Å². The molecule has 2 aromatic rings. The molecule has 2 aliphatic rings. The highest BCUT2D eigenvalue weighted by molar-refractivity contribution is 5.80. The van der Waals surface area contributed by atoms with Crippen molar-refractivity contribution < 1.29 is 9.53 Å². The Morgan fingerprint density at radius 2 is 2.04 bits per heavy atom. The van der Waals surface area contributed by atoms with Gasteiger partial charge in [0.1, 0.15) is 17.4 Å². The molecule has 1 atom stereocenters. The average Bonchev–Trinajstić information content (AvgIpc) is 3.07. The number of hydrogen-bond acceptors (Lipinski definition) is 4. The van der Waals surface area contributed by atoms with Gasteiger partial charge in [0.2, 0.25) is 5.91 Å². The fourth-order valence-electron chi connectivity index (χ4n) is 4.61. The number of aryl methyl sites for hydroxylation is 1. The summed E-state index contributed by atoms with van der Waals surface area (Å²) in [4.78, 5) is 15.4. The minimum atomic E-state index is -0.328. The smallest absolute Gasteiger partial charge is 0.247 e. The second-order valence-corrected chi connectivity index (χ2v) is 8.24. The molecule has 1 aliphatic carbocycles. The van der Waals surface area contributed by atoms with Crippen LogP contribution in [0, 0.1) is 6.92 Å². The van der Waals surface area contributed by atoms with E-state index >= 15 is 0 Å². The van der Waals surface area contributed by atoms with Crippen LogP contribution in [0.4, 0.5) is 0 Å². The van der Waals surface area contributed by atoms with Crippen molar-refractivity contribution in [2.24, 2.45) is 0 Å². The van der Waals surface area contributed by atoms with Crippen LogP contribution in [-0.4, -0.2) is 45.8 Å². The number of hydrogen-bond donors (Lipinski definition) is 1. The third kappa shape index (κ3) is 3.53. The Labute approximate surface area is 166 Å². The molecule has 2 heterocycles. The maximum absolute atomic E-state index is 13.5. The lowest BCUT2D eigenvalue weighted by atomic mass is 9.81. The van der Waals surface area contributed by atoms with E-state index in [1.807, 2.05) is 54.7 Å². The lowest BCUT2D eigenvalue weighted by molar-refractivity contribution is -0.138. The SMILES string of the molecule is CNC1CCC2(CC1)CN(C(=O)[C@H](C)n1nccc1C)Cc1ccccc1O2. The van der Waals surface area contributed by atoms with E-state index in [4.69, 9.17) is 4.74 Å². The summed E-state index contributed by atoms with van der Waals surface area (Å²) in [7, 11) is 2.02. The Morgan fingerprint density at radius 3 is 2.71 bits per heavy atom. The molecule has 1 N–H and O–H groups in total. The van der Waals surface area contributed by atoms with Crippen molar-refractivity contribution in [3.8, 4) is 5.75 Å². The van der Waals surface area contributed by atoms with Gasteiger partial charge in [0.15, 0.2) is 0 Å². The van der Waals surface area contributed by atoms with Gasteiger partial charge in [-0.2, -0.15) is 5.10 Å². The van der Waals surface area contributed by atoms with Crippen molar-refractivity contribution in [1.29, 1.82) is 0 Å². The number of para-hydroxylation sites is 1. The maximum atomic E-state index is 13.5. The van der Waals surface area contributed by atoms with Crippen LogP contribution in [0.1, 0.15) is 49.9 Å². The summed E-state index contributed by atoms with van der Waals surface area (Å²) in [6, 6.07) is 10.3. The van der Waals surface area contributed by atoms with Crippen molar-refractivity contribution in [3.63, 3.8) is 0 Å². The largest absolute Gasteiger partial charge is 0.485 e. The van der Waals surface area contributed by atoms with Crippen molar-refractivity contribution in [3.05, 3.63) is 47.8 Å². The fourth-order valence-corrected chi connectivity index (χ4v) is 4.61. The molecule has 0 bridgehead atoms. The van der Waals surface area contributed by atoms with E-state index in [1.54, 1.807) is 6.20 Å². The molecule has 1 aliphatic heterocycles. The molecule has 1 amide bonds. The number of ether oxygens (including phenoxy) is 1. The summed E-state index contributed by atoms with van der Waals surface area (Å²) in [6.45, 7) is 5.13. The summed E-state index contributed by atoms with van der Waals surface area (Å²) < 4.78 is 8.42. The molecule has 0 unspecified atom stereocenters. The summed E-state index contributed by atoms with van der Waals surface area (Å²) >= 11 is 0. The maximum Gasteiger partial charge on any atom is 0.247 e. The molecule has 1 saturated carbocycles. The molecule has 0 saturated heterocycles. The highest BCUT2D eigenvalue weighted by atomic mass is 16.5. The van der Waals surface area contributed by atoms with Crippen LogP contribution >= 0.6 is 0 Å². The number of carbonyl (C=O) groups is 1. The van der Waals surface area contributed by atoms with Gasteiger partial charge in [-0.15, -0.1) is 0 Å². The molecule has 28 heavy (non-hydrogen) atoms. The predicted molar refractivity (Wildman–Crippen MR) is 108 cm³/mol. The first kappa shape index (κ1) is 19.0. The van der Waals surface area contributed by atoms with E-state index < -0.39 is 0 Å². The average molecular weight is 383 g/mol. The van der Waals surface area contributed by atoms with Crippen LogP contribution in [0.5, 0.6) is 5.75 Å². The quantitative estimate of drug-likeness (QED) is 0.886. The normalized spacial score (nSPS) is 25.7. The minimum Gasteiger partial charge on any atom is -0.485 e. The van der Waals surface area contributed by atoms with Gasteiger partial charge in [-0.3, -0.25) is 9.48 Å². The van der Waals surface area contributed by atoms with E-state index in [1.165, 1.54) is 0 Å². The van der Waals surface area contributed by atoms with Crippen LogP contribution < -0.4 is 10.1 Å².